The Kier molecular flexibility index (Phi) is 1.80. The highest BCUT2D eigenvalue weighted by Crippen LogP contribution is 2.36. The van der Waals surface area contributed by atoms with Crippen LogP contribution in [0.4, 0.5) is 5.69 Å². The molecule has 78 valence electrons. The molecule has 15 heavy (non-hydrogen) atoms. The SMILES string of the molecule is NC(=Nc1ccc2c(c1)OCO2)C1CC1. The second-order valence-corrected chi connectivity index (χ2v) is 3.85. The van der Waals surface area contributed by atoms with Crippen molar-refractivity contribution in [3.8, 4) is 11.5 Å². The highest BCUT2D eigenvalue weighted by molar-refractivity contribution is 5.87. The van der Waals surface area contributed by atoms with E-state index >= 15 is 0 Å². The molecule has 4 heteroatoms. The van der Waals surface area contributed by atoms with Gasteiger partial charge in [-0.1, -0.05) is 0 Å². The number of benzene rings is 1. The summed E-state index contributed by atoms with van der Waals surface area (Å²) >= 11 is 0. The molecule has 4 nitrogen and oxygen atoms in total. The molecule has 2 N–H and O–H groups in total. The maximum atomic E-state index is 5.83. The van der Waals surface area contributed by atoms with Gasteiger partial charge in [0.1, 0.15) is 5.84 Å². The zero-order valence-electron chi connectivity index (χ0n) is 8.27. The number of rotatable bonds is 2. The normalized spacial score (nSPS) is 19.3. The van der Waals surface area contributed by atoms with E-state index in [0.29, 0.717) is 12.7 Å². The number of amidine groups is 1. The van der Waals surface area contributed by atoms with Gasteiger partial charge in [0.25, 0.3) is 0 Å². The lowest BCUT2D eigenvalue weighted by Gasteiger charge is -1.99. The molecule has 0 saturated heterocycles. The molecule has 1 heterocycles. The average molecular weight is 204 g/mol. The zero-order chi connectivity index (χ0) is 10.3. The van der Waals surface area contributed by atoms with Crippen molar-refractivity contribution in [1.29, 1.82) is 0 Å². The summed E-state index contributed by atoms with van der Waals surface area (Å²) in [7, 11) is 0. The summed E-state index contributed by atoms with van der Waals surface area (Å²) in [6, 6.07) is 5.61. The Morgan fingerprint density at radius 3 is 2.87 bits per heavy atom. The molecule has 0 unspecified atom stereocenters. The Hall–Kier alpha value is -1.71. The molecular weight excluding hydrogens is 192 g/mol. The van der Waals surface area contributed by atoms with Crippen molar-refractivity contribution in [2.24, 2.45) is 16.6 Å². The Morgan fingerprint density at radius 1 is 1.27 bits per heavy atom. The smallest absolute Gasteiger partial charge is 0.231 e. The average Bonchev–Trinajstić information content (AvgIpc) is 2.98. The fraction of sp³-hybridized carbons (Fsp3) is 0.364. The van der Waals surface area contributed by atoms with E-state index in [9.17, 15) is 0 Å². The fourth-order valence-electron chi connectivity index (χ4n) is 1.57. The first-order valence-corrected chi connectivity index (χ1v) is 5.06. The van der Waals surface area contributed by atoms with Crippen molar-refractivity contribution in [2.75, 3.05) is 6.79 Å². The molecule has 1 aliphatic carbocycles. The van der Waals surface area contributed by atoms with Gasteiger partial charge in [-0.2, -0.15) is 0 Å². The predicted molar refractivity (Wildman–Crippen MR) is 56.6 cm³/mol. The van der Waals surface area contributed by atoms with E-state index in [2.05, 4.69) is 4.99 Å². The van der Waals surface area contributed by atoms with E-state index in [0.717, 1.165) is 23.0 Å². The van der Waals surface area contributed by atoms with Gasteiger partial charge in [0.05, 0.1) is 5.69 Å². The summed E-state index contributed by atoms with van der Waals surface area (Å²) < 4.78 is 10.5. The van der Waals surface area contributed by atoms with Crippen LogP contribution in [0.3, 0.4) is 0 Å². The number of ether oxygens (including phenoxy) is 2. The molecule has 0 spiro atoms. The molecule has 1 aromatic carbocycles. The third-order valence-electron chi connectivity index (χ3n) is 2.61. The minimum Gasteiger partial charge on any atom is -0.454 e. The summed E-state index contributed by atoms with van der Waals surface area (Å²) in [4.78, 5) is 4.36. The first-order chi connectivity index (χ1) is 7.33. The topological polar surface area (TPSA) is 56.8 Å². The Labute approximate surface area is 87.7 Å². The van der Waals surface area contributed by atoms with Gasteiger partial charge < -0.3 is 15.2 Å². The Bertz CT molecular complexity index is 425. The van der Waals surface area contributed by atoms with Gasteiger partial charge >= 0.3 is 0 Å². The molecular formula is C11H12N2O2. The van der Waals surface area contributed by atoms with Crippen LogP contribution in [-0.4, -0.2) is 12.6 Å². The van der Waals surface area contributed by atoms with Crippen LogP contribution in [0.5, 0.6) is 11.5 Å². The third-order valence-corrected chi connectivity index (χ3v) is 2.61. The molecule has 0 aromatic heterocycles. The molecule has 1 aliphatic heterocycles. The lowest BCUT2D eigenvalue weighted by atomic mass is 10.3. The van der Waals surface area contributed by atoms with Crippen molar-refractivity contribution < 1.29 is 9.47 Å². The van der Waals surface area contributed by atoms with Gasteiger partial charge in [0, 0.05) is 12.0 Å². The number of nitrogens with two attached hydrogens (primary N) is 1. The highest BCUT2D eigenvalue weighted by atomic mass is 16.7. The monoisotopic (exact) mass is 204 g/mol. The number of nitrogens with zero attached hydrogens (tertiary/aromatic N) is 1. The van der Waals surface area contributed by atoms with Crippen molar-refractivity contribution in [1.82, 2.24) is 0 Å². The van der Waals surface area contributed by atoms with Crippen LogP contribution >= 0.6 is 0 Å². The Morgan fingerprint density at radius 2 is 2.07 bits per heavy atom. The van der Waals surface area contributed by atoms with E-state index < -0.39 is 0 Å². The van der Waals surface area contributed by atoms with Gasteiger partial charge in [-0.3, -0.25) is 0 Å². The molecule has 0 bridgehead atoms. The van der Waals surface area contributed by atoms with Crippen molar-refractivity contribution >= 4 is 11.5 Å². The number of hydrogen-bond acceptors (Lipinski definition) is 3. The first kappa shape index (κ1) is 8.59. The number of hydrogen-bond donors (Lipinski definition) is 1. The van der Waals surface area contributed by atoms with E-state index in [1.54, 1.807) is 0 Å². The lowest BCUT2D eigenvalue weighted by Crippen LogP contribution is -2.12. The van der Waals surface area contributed by atoms with Crippen LogP contribution in [0.1, 0.15) is 12.8 Å². The summed E-state index contributed by atoms with van der Waals surface area (Å²) in [5.41, 5.74) is 6.67. The maximum absolute atomic E-state index is 5.83. The summed E-state index contributed by atoms with van der Waals surface area (Å²) in [6.45, 7) is 0.292. The molecule has 0 atom stereocenters. The van der Waals surface area contributed by atoms with Crippen LogP contribution < -0.4 is 15.2 Å². The predicted octanol–water partition coefficient (Wildman–Crippen LogP) is 1.81. The lowest BCUT2D eigenvalue weighted by molar-refractivity contribution is 0.174. The van der Waals surface area contributed by atoms with Gasteiger partial charge in [-0.05, 0) is 25.0 Å². The van der Waals surface area contributed by atoms with E-state index in [-0.39, 0.29) is 0 Å². The highest BCUT2D eigenvalue weighted by Gasteiger charge is 2.25. The standard InChI is InChI=1S/C11H12N2O2/c12-11(7-1-2-7)13-8-3-4-9-10(5-8)15-6-14-9/h3-5,7H,1-2,6H2,(H2,12,13). The minimum atomic E-state index is 0.292. The largest absolute Gasteiger partial charge is 0.454 e. The second kappa shape index (κ2) is 3.15. The molecule has 2 aliphatic rings. The van der Waals surface area contributed by atoms with Gasteiger partial charge in [-0.15, -0.1) is 0 Å². The molecule has 1 fully saturated rings. The van der Waals surface area contributed by atoms with E-state index in [1.165, 1.54) is 12.8 Å². The minimum absolute atomic E-state index is 0.292. The Balaban J connectivity index is 1.89. The van der Waals surface area contributed by atoms with Gasteiger partial charge in [-0.25, -0.2) is 4.99 Å². The van der Waals surface area contributed by atoms with Gasteiger partial charge in [0.15, 0.2) is 11.5 Å². The summed E-state index contributed by atoms with van der Waals surface area (Å²) in [5, 5.41) is 0. The van der Waals surface area contributed by atoms with Crippen LogP contribution in [0.25, 0.3) is 0 Å². The zero-order valence-corrected chi connectivity index (χ0v) is 8.27. The summed E-state index contributed by atoms with van der Waals surface area (Å²) in [5.74, 6) is 2.75. The summed E-state index contributed by atoms with van der Waals surface area (Å²) in [6.07, 6.45) is 2.33. The molecule has 3 rings (SSSR count). The first-order valence-electron chi connectivity index (χ1n) is 5.06. The van der Waals surface area contributed by atoms with Crippen LogP contribution in [0, 0.1) is 5.92 Å². The third kappa shape index (κ3) is 1.63. The molecule has 1 saturated carbocycles. The number of fused-ring (bicyclic) bond motifs is 1. The van der Waals surface area contributed by atoms with Crippen LogP contribution in [0.15, 0.2) is 23.2 Å². The molecule has 1 aromatic rings. The van der Waals surface area contributed by atoms with E-state index in [4.69, 9.17) is 15.2 Å². The maximum Gasteiger partial charge on any atom is 0.231 e. The van der Waals surface area contributed by atoms with E-state index in [1.807, 2.05) is 18.2 Å². The van der Waals surface area contributed by atoms with Crippen LogP contribution in [0.2, 0.25) is 0 Å². The second-order valence-electron chi connectivity index (χ2n) is 3.85. The number of aliphatic imine (C=N–C) groups is 1. The molecule has 0 radical (unpaired) electrons. The van der Waals surface area contributed by atoms with Crippen molar-refractivity contribution in [2.45, 2.75) is 12.8 Å². The fourth-order valence-corrected chi connectivity index (χ4v) is 1.57. The quantitative estimate of drug-likeness (QED) is 0.590. The van der Waals surface area contributed by atoms with Crippen LogP contribution in [-0.2, 0) is 0 Å². The van der Waals surface area contributed by atoms with Crippen molar-refractivity contribution in [3.63, 3.8) is 0 Å². The molecule has 0 amide bonds. The van der Waals surface area contributed by atoms with Gasteiger partial charge in [0.2, 0.25) is 6.79 Å². The van der Waals surface area contributed by atoms with Crippen molar-refractivity contribution in [3.05, 3.63) is 18.2 Å².